The normalized spacial score (nSPS) is 20.4. The summed E-state index contributed by atoms with van der Waals surface area (Å²) in [5, 5.41) is 13.9. The van der Waals surface area contributed by atoms with E-state index >= 15 is 0 Å². The van der Waals surface area contributed by atoms with Gasteiger partial charge in [0.2, 0.25) is 5.13 Å². The molecule has 1 aromatic heterocycles. The van der Waals surface area contributed by atoms with Gasteiger partial charge in [-0.2, -0.15) is 4.37 Å². The molecule has 0 atom stereocenters. The van der Waals surface area contributed by atoms with E-state index in [1.54, 1.807) is 0 Å². The molecular weight excluding hydrogens is 186 g/mol. The zero-order valence-corrected chi connectivity index (χ0v) is 8.18. The maximum Gasteiger partial charge on any atom is 0.202 e. The van der Waals surface area contributed by atoms with Crippen LogP contribution in [0.5, 0.6) is 0 Å². The summed E-state index contributed by atoms with van der Waals surface area (Å²) in [5.41, 5.74) is -0.508. The molecule has 1 aromatic rings. The molecule has 72 valence electrons. The van der Waals surface area contributed by atoms with E-state index in [1.807, 2.05) is 0 Å². The highest BCUT2D eigenvalue weighted by Gasteiger charge is 2.30. The lowest BCUT2D eigenvalue weighted by Gasteiger charge is -2.21. The summed E-state index contributed by atoms with van der Waals surface area (Å²) in [6.45, 7) is 0.599. The first-order valence-electron chi connectivity index (χ1n) is 4.51. The molecule has 0 aromatic carbocycles. The third-order valence-electron chi connectivity index (χ3n) is 2.46. The van der Waals surface area contributed by atoms with Gasteiger partial charge in [-0.15, -0.1) is 0 Å². The largest absolute Gasteiger partial charge is 0.388 e. The molecule has 0 unspecified atom stereocenters. The molecule has 0 saturated heterocycles. The van der Waals surface area contributed by atoms with E-state index in [-0.39, 0.29) is 0 Å². The van der Waals surface area contributed by atoms with Crippen LogP contribution in [0.3, 0.4) is 0 Å². The van der Waals surface area contributed by atoms with Crippen molar-refractivity contribution in [2.24, 2.45) is 0 Å². The average Bonchev–Trinajstić information content (AvgIpc) is 2.72. The van der Waals surface area contributed by atoms with Crippen molar-refractivity contribution in [1.82, 2.24) is 9.36 Å². The molecule has 4 nitrogen and oxygen atoms in total. The van der Waals surface area contributed by atoms with Gasteiger partial charge in [-0.1, -0.05) is 12.8 Å². The highest BCUT2D eigenvalue weighted by molar-refractivity contribution is 7.09. The summed E-state index contributed by atoms with van der Waals surface area (Å²) in [7, 11) is 0. The van der Waals surface area contributed by atoms with E-state index < -0.39 is 5.60 Å². The molecule has 0 spiro atoms. The first kappa shape index (κ1) is 8.90. The van der Waals surface area contributed by atoms with Gasteiger partial charge in [-0.05, 0) is 12.8 Å². The van der Waals surface area contributed by atoms with Crippen LogP contribution in [0.25, 0.3) is 0 Å². The van der Waals surface area contributed by atoms with Crippen LogP contribution in [-0.4, -0.2) is 26.6 Å². The van der Waals surface area contributed by atoms with E-state index in [1.165, 1.54) is 17.9 Å². The van der Waals surface area contributed by atoms with Gasteiger partial charge in [0.1, 0.15) is 6.33 Å². The number of nitrogens with zero attached hydrogens (tertiary/aromatic N) is 2. The molecule has 13 heavy (non-hydrogen) atoms. The number of aromatic nitrogens is 2. The molecule has 2 N–H and O–H groups in total. The first-order valence-corrected chi connectivity index (χ1v) is 5.29. The zero-order chi connectivity index (χ0) is 9.15. The van der Waals surface area contributed by atoms with E-state index in [9.17, 15) is 5.11 Å². The molecular formula is C8H13N3OS. The molecule has 1 saturated carbocycles. The summed E-state index contributed by atoms with van der Waals surface area (Å²) in [5.74, 6) is 0. The Hall–Kier alpha value is -0.680. The molecule has 1 aliphatic rings. The van der Waals surface area contributed by atoms with Gasteiger partial charge in [0.25, 0.3) is 0 Å². The van der Waals surface area contributed by atoms with Crippen LogP contribution in [0, 0.1) is 0 Å². The van der Waals surface area contributed by atoms with E-state index in [2.05, 4.69) is 14.7 Å². The van der Waals surface area contributed by atoms with Gasteiger partial charge in [0.15, 0.2) is 0 Å². The van der Waals surface area contributed by atoms with E-state index in [0.29, 0.717) is 6.54 Å². The minimum Gasteiger partial charge on any atom is -0.388 e. The highest BCUT2D eigenvalue weighted by Crippen LogP contribution is 2.29. The summed E-state index contributed by atoms with van der Waals surface area (Å²) in [4.78, 5) is 3.99. The summed E-state index contributed by atoms with van der Waals surface area (Å²) >= 11 is 1.32. The quantitative estimate of drug-likeness (QED) is 0.769. The van der Waals surface area contributed by atoms with Crippen molar-refractivity contribution < 1.29 is 5.11 Å². The number of aliphatic hydroxyl groups is 1. The van der Waals surface area contributed by atoms with Crippen molar-refractivity contribution in [1.29, 1.82) is 0 Å². The number of hydrogen-bond donors (Lipinski definition) is 2. The Balaban J connectivity index is 1.85. The van der Waals surface area contributed by atoms with Crippen molar-refractivity contribution in [3.63, 3.8) is 0 Å². The van der Waals surface area contributed by atoms with Crippen LogP contribution in [0.2, 0.25) is 0 Å². The van der Waals surface area contributed by atoms with Crippen LogP contribution in [0.15, 0.2) is 6.33 Å². The van der Waals surface area contributed by atoms with Gasteiger partial charge >= 0.3 is 0 Å². The standard InChI is InChI=1S/C8H13N3OS/c12-8(3-1-2-4-8)5-9-7-10-6-11-13-7/h6,12H,1-5H2,(H,9,10,11). The molecule has 1 heterocycles. The predicted molar refractivity (Wildman–Crippen MR) is 51.8 cm³/mol. The second-order valence-corrected chi connectivity index (χ2v) is 4.31. The maximum absolute atomic E-state index is 9.98. The van der Waals surface area contributed by atoms with Crippen LogP contribution in [0.1, 0.15) is 25.7 Å². The van der Waals surface area contributed by atoms with Gasteiger partial charge in [-0.25, -0.2) is 4.98 Å². The molecule has 0 amide bonds. The third-order valence-corrected chi connectivity index (χ3v) is 3.09. The smallest absolute Gasteiger partial charge is 0.202 e. The van der Waals surface area contributed by atoms with Gasteiger partial charge in [0.05, 0.1) is 5.60 Å². The van der Waals surface area contributed by atoms with Crippen molar-refractivity contribution >= 4 is 16.7 Å². The van der Waals surface area contributed by atoms with Crippen LogP contribution >= 0.6 is 11.5 Å². The monoisotopic (exact) mass is 199 g/mol. The Morgan fingerprint density at radius 1 is 1.54 bits per heavy atom. The van der Waals surface area contributed by atoms with Gasteiger partial charge in [-0.3, -0.25) is 0 Å². The van der Waals surface area contributed by atoms with Crippen molar-refractivity contribution in [2.45, 2.75) is 31.3 Å². The highest BCUT2D eigenvalue weighted by atomic mass is 32.1. The lowest BCUT2D eigenvalue weighted by atomic mass is 10.0. The Morgan fingerprint density at radius 3 is 2.92 bits per heavy atom. The molecule has 2 rings (SSSR count). The summed E-state index contributed by atoms with van der Waals surface area (Å²) in [6, 6.07) is 0. The maximum atomic E-state index is 9.98. The number of rotatable bonds is 3. The zero-order valence-electron chi connectivity index (χ0n) is 7.36. The van der Waals surface area contributed by atoms with Crippen molar-refractivity contribution in [3.05, 3.63) is 6.33 Å². The predicted octanol–water partition coefficient (Wildman–Crippen LogP) is 1.26. The minimum absolute atomic E-state index is 0.508. The van der Waals surface area contributed by atoms with Crippen molar-refractivity contribution in [3.8, 4) is 0 Å². The molecule has 0 aliphatic heterocycles. The average molecular weight is 199 g/mol. The lowest BCUT2D eigenvalue weighted by molar-refractivity contribution is 0.0615. The SMILES string of the molecule is OC1(CNc2ncns2)CCCC1. The number of hydrogen-bond acceptors (Lipinski definition) is 5. The van der Waals surface area contributed by atoms with Gasteiger partial charge in [0, 0.05) is 18.1 Å². The molecule has 1 aliphatic carbocycles. The summed E-state index contributed by atoms with van der Waals surface area (Å²) in [6.07, 6.45) is 5.59. The van der Waals surface area contributed by atoms with Crippen LogP contribution < -0.4 is 5.32 Å². The molecule has 5 heteroatoms. The Labute approximate surface area is 81.2 Å². The van der Waals surface area contributed by atoms with Crippen molar-refractivity contribution in [2.75, 3.05) is 11.9 Å². The second-order valence-electron chi connectivity index (χ2n) is 3.53. The Morgan fingerprint density at radius 2 is 2.31 bits per heavy atom. The molecule has 1 fully saturated rings. The first-order chi connectivity index (χ1) is 6.29. The Bertz CT molecular complexity index is 256. The topological polar surface area (TPSA) is 58.0 Å². The third kappa shape index (κ3) is 2.16. The molecule has 0 bridgehead atoms. The van der Waals surface area contributed by atoms with Crippen LogP contribution in [0.4, 0.5) is 5.13 Å². The summed E-state index contributed by atoms with van der Waals surface area (Å²) < 4.78 is 3.88. The fraction of sp³-hybridized carbons (Fsp3) is 0.750. The fourth-order valence-corrected chi connectivity index (χ4v) is 2.13. The van der Waals surface area contributed by atoms with Gasteiger partial charge < -0.3 is 10.4 Å². The lowest BCUT2D eigenvalue weighted by Crippen LogP contribution is -2.33. The number of nitrogens with one attached hydrogen (secondary N) is 1. The number of anilines is 1. The second kappa shape index (κ2) is 3.59. The Kier molecular flexibility index (Phi) is 2.46. The van der Waals surface area contributed by atoms with E-state index in [4.69, 9.17) is 0 Å². The van der Waals surface area contributed by atoms with Crippen LogP contribution in [-0.2, 0) is 0 Å². The fourth-order valence-electron chi connectivity index (χ4n) is 1.70. The molecule has 0 radical (unpaired) electrons. The van der Waals surface area contributed by atoms with E-state index in [0.717, 1.165) is 30.8 Å². The minimum atomic E-state index is -0.508.